The first kappa shape index (κ1) is 18.4. The van der Waals surface area contributed by atoms with Gasteiger partial charge in [0.05, 0.1) is 6.54 Å². The van der Waals surface area contributed by atoms with Crippen LogP contribution in [-0.4, -0.2) is 46.2 Å². The molecular formula is C19H27N5O2S. The number of piperidine rings is 1. The lowest BCUT2D eigenvalue weighted by molar-refractivity contribution is 0.168. The number of thiophene rings is 1. The maximum Gasteiger partial charge on any atom is 0.315 e. The van der Waals surface area contributed by atoms with E-state index in [1.54, 1.807) is 11.3 Å². The van der Waals surface area contributed by atoms with E-state index in [1.165, 1.54) is 19.3 Å². The summed E-state index contributed by atoms with van der Waals surface area (Å²) in [5.74, 6) is 1.31. The number of likely N-dealkylation sites (tertiary alicyclic amines) is 1. The van der Waals surface area contributed by atoms with Crippen LogP contribution < -0.4 is 10.6 Å². The Morgan fingerprint density at radius 1 is 1.15 bits per heavy atom. The molecule has 0 bridgehead atoms. The number of amides is 2. The number of carbonyl (C=O) groups excluding carboxylic acids is 1. The maximum absolute atomic E-state index is 12.2. The normalized spacial score (nSPS) is 19.9. The van der Waals surface area contributed by atoms with E-state index >= 15 is 0 Å². The SMILES string of the molecule is O=C(NC1CCCCC1)NC1CCN(Cc2nc(-c3ccsc3)no2)CC1. The zero-order valence-corrected chi connectivity index (χ0v) is 16.3. The van der Waals surface area contributed by atoms with Gasteiger partial charge < -0.3 is 15.2 Å². The lowest BCUT2D eigenvalue weighted by Gasteiger charge is -2.32. The minimum Gasteiger partial charge on any atom is -0.338 e. The molecular weight excluding hydrogens is 362 g/mol. The summed E-state index contributed by atoms with van der Waals surface area (Å²) in [6, 6.07) is 2.59. The van der Waals surface area contributed by atoms with Gasteiger partial charge in [-0.25, -0.2) is 4.79 Å². The molecule has 1 saturated carbocycles. The van der Waals surface area contributed by atoms with Crippen molar-refractivity contribution in [1.29, 1.82) is 0 Å². The first-order chi connectivity index (χ1) is 13.3. The first-order valence-corrected chi connectivity index (χ1v) is 10.8. The van der Waals surface area contributed by atoms with Gasteiger partial charge in [-0.1, -0.05) is 24.4 Å². The van der Waals surface area contributed by atoms with E-state index in [0.29, 0.717) is 24.3 Å². The zero-order chi connectivity index (χ0) is 18.5. The Morgan fingerprint density at radius 3 is 2.59 bits per heavy atom. The van der Waals surface area contributed by atoms with Crippen LogP contribution in [0.3, 0.4) is 0 Å². The minimum absolute atomic E-state index is 0.00217. The van der Waals surface area contributed by atoms with Crippen molar-refractivity contribution in [3.8, 4) is 11.4 Å². The topological polar surface area (TPSA) is 83.3 Å². The smallest absolute Gasteiger partial charge is 0.315 e. The third-order valence-electron chi connectivity index (χ3n) is 5.47. The Morgan fingerprint density at radius 2 is 1.89 bits per heavy atom. The summed E-state index contributed by atoms with van der Waals surface area (Å²) in [6.45, 7) is 2.51. The van der Waals surface area contributed by atoms with Crippen LogP contribution in [-0.2, 0) is 6.54 Å². The Balaban J connectivity index is 1.19. The average Bonchev–Trinajstić information content (AvgIpc) is 3.36. The molecule has 3 heterocycles. The summed E-state index contributed by atoms with van der Waals surface area (Å²) in [6.07, 6.45) is 7.88. The lowest BCUT2D eigenvalue weighted by Crippen LogP contribution is -2.50. The molecule has 1 aliphatic carbocycles. The molecule has 0 aromatic carbocycles. The Bertz CT molecular complexity index is 718. The molecule has 2 amide bonds. The van der Waals surface area contributed by atoms with Gasteiger partial charge in [0.15, 0.2) is 0 Å². The van der Waals surface area contributed by atoms with Crippen LogP contribution in [0.2, 0.25) is 0 Å². The third-order valence-corrected chi connectivity index (χ3v) is 6.15. The average molecular weight is 390 g/mol. The van der Waals surface area contributed by atoms with E-state index in [1.807, 2.05) is 16.8 Å². The van der Waals surface area contributed by atoms with Gasteiger partial charge in [0, 0.05) is 36.1 Å². The molecule has 7 nitrogen and oxygen atoms in total. The third kappa shape index (κ3) is 5.07. The Labute approximate surface area is 163 Å². The van der Waals surface area contributed by atoms with E-state index in [-0.39, 0.29) is 12.1 Å². The number of urea groups is 1. The summed E-state index contributed by atoms with van der Waals surface area (Å²) >= 11 is 1.62. The van der Waals surface area contributed by atoms with Crippen LogP contribution in [0.4, 0.5) is 4.79 Å². The fourth-order valence-electron chi connectivity index (χ4n) is 3.91. The van der Waals surface area contributed by atoms with Gasteiger partial charge >= 0.3 is 6.03 Å². The summed E-state index contributed by atoms with van der Waals surface area (Å²) in [5.41, 5.74) is 1.00. The molecule has 8 heteroatoms. The number of aromatic nitrogens is 2. The number of hydrogen-bond donors (Lipinski definition) is 2. The number of nitrogens with one attached hydrogen (secondary N) is 2. The summed E-state index contributed by atoms with van der Waals surface area (Å²) < 4.78 is 5.39. The predicted octanol–water partition coefficient (Wildman–Crippen LogP) is 3.39. The highest BCUT2D eigenvalue weighted by Gasteiger charge is 2.23. The molecule has 0 atom stereocenters. The molecule has 27 heavy (non-hydrogen) atoms. The molecule has 2 aromatic heterocycles. The van der Waals surface area contributed by atoms with Crippen LogP contribution in [0.5, 0.6) is 0 Å². The fraction of sp³-hybridized carbons (Fsp3) is 0.632. The van der Waals surface area contributed by atoms with E-state index in [2.05, 4.69) is 25.7 Å². The first-order valence-electron chi connectivity index (χ1n) is 9.91. The van der Waals surface area contributed by atoms with E-state index in [4.69, 9.17) is 4.52 Å². The van der Waals surface area contributed by atoms with Gasteiger partial charge in [-0.3, -0.25) is 4.90 Å². The van der Waals surface area contributed by atoms with Crippen LogP contribution in [0.25, 0.3) is 11.4 Å². The van der Waals surface area contributed by atoms with Gasteiger partial charge in [0.2, 0.25) is 11.7 Å². The summed E-state index contributed by atoms with van der Waals surface area (Å²) in [5, 5.41) is 14.4. The van der Waals surface area contributed by atoms with Crippen molar-refractivity contribution in [1.82, 2.24) is 25.7 Å². The van der Waals surface area contributed by atoms with Crippen molar-refractivity contribution in [2.75, 3.05) is 13.1 Å². The Kier molecular flexibility index (Phi) is 6.03. The molecule has 2 aromatic rings. The highest BCUT2D eigenvalue weighted by molar-refractivity contribution is 7.08. The van der Waals surface area contributed by atoms with Crippen LogP contribution in [0.15, 0.2) is 21.3 Å². The van der Waals surface area contributed by atoms with Crippen molar-refractivity contribution in [2.45, 2.75) is 63.6 Å². The quantitative estimate of drug-likeness (QED) is 0.819. The number of carbonyl (C=O) groups is 1. The summed E-state index contributed by atoms with van der Waals surface area (Å²) in [7, 11) is 0. The molecule has 0 radical (unpaired) electrons. The second kappa shape index (κ2) is 8.84. The van der Waals surface area contributed by atoms with Gasteiger partial charge in [0.1, 0.15) is 0 Å². The van der Waals surface area contributed by atoms with E-state index in [0.717, 1.165) is 44.3 Å². The van der Waals surface area contributed by atoms with Crippen molar-refractivity contribution >= 4 is 17.4 Å². The lowest BCUT2D eigenvalue weighted by atomic mass is 9.96. The number of rotatable bonds is 5. The van der Waals surface area contributed by atoms with Crippen molar-refractivity contribution in [3.63, 3.8) is 0 Å². The molecule has 2 N–H and O–H groups in total. The van der Waals surface area contributed by atoms with Gasteiger partial charge in [0.25, 0.3) is 0 Å². The molecule has 0 spiro atoms. The number of nitrogens with zero attached hydrogens (tertiary/aromatic N) is 3. The fourth-order valence-corrected chi connectivity index (χ4v) is 4.55. The minimum atomic E-state index is -0.00217. The second-order valence-corrected chi connectivity index (χ2v) is 8.31. The highest BCUT2D eigenvalue weighted by Crippen LogP contribution is 2.20. The second-order valence-electron chi connectivity index (χ2n) is 7.53. The van der Waals surface area contributed by atoms with Gasteiger partial charge in [-0.05, 0) is 37.1 Å². The molecule has 2 fully saturated rings. The van der Waals surface area contributed by atoms with Crippen molar-refractivity contribution in [3.05, 3.63) is 22.7 Å². The standard InChI is InChI=1S/C19H27N5O2S/c25-19(20-15-4-2-1-3-5-15)21-16-6-9-24(10-7-16)12-17-22-18(23-26-17)14-8-11-27-13-14/h8,11,13,15-16H,1-7,9-10,12H2,(H2,20,21,25). The van der Waals surface area contributed by atoms with Crippen molar-refractivity contribution < 1.29 is 9.32 Å². The summed E-state index contributed by atoms with van der Waals surface area (Å²) in [4.78, 5) is 19.0. The van der Waals surface area contributed by atoms with Crippen molar-refractivity contribution in [2.24, 2.45) is 0 Å². The molecule has 2 aliphatic rings. The molecule has 146 valence electrons. The zero-order valence-electron chi connectivity index (χ0n) is 15.5. The van der Waals surface area contributed by atoms with Crippen LogP contribution in [0.1, 0.15) is 50.8 Å². The Hall–Kier alpha value is -1.93. The highest BCUT2D eigenvalue weighted by atomic mass is 32.1. The van der Waals surface area contributed by atoms with Crippen LogP contribution in [0, 0.1) is 0 Å². The molecule has 0 unspecified atom stereocenters. The monoisotopic (exact) mass is 389 g/mol. The predicted molar refractivity (Wildman–Crippen MR) is 104 cm³/mol. The van der Waals surface area contributed by atoms with E-state index < -0.39 is 0 Å². The van der Waals surface area contributed by atoms with E-state index in [9.17, 15) is 4.79 Å². The molecule has 4 rings (SSSR count). The maximum atomic E-state index is 12.2. The number of hydrogen-bond acceptors (Lipinski definition) is 6. The largest absolute Gasteiger partial charge is 0.338 e. The molecule has 1 aliphatic heterocycles. The van der Waals surface area contributed by atoms with Gasteiger partial charge in [-0.2, -0.15) is 16.3 Å². The van der Waals surface area contributed by atoms with Crippen LogP contribution >= 0.6 is 11.3 Å². The molecule has 1 saturated heterocycles. The van der Waals surface area contributed by atoms with Gasteiger partial charge in [-0.15, -0.1) is 0 Å².